The van der Waals surface area contributed by atoms with Crippen molar-refractivity contribution in [1.29, 1.82) is 0 Å². The minimum Gasteiger partial charge on any atom is -0.367 e. The molecule has 0 atom stereocenters. The number of hydrogen-bond acceptors (Lipinski definition) is 3. The van der Waals surface area contributed by atoms with Gasteiger partial charge in [0.1, 0.15) is 0 Å². The molecule has 3 heterocycles. The summed E-state index contributed by atoms with van der Waals surface area (Å²) in [5, 5.41) is 5.58. The van der Waals surface area contributed by atoms with Crippen molar-refractivity contribution in [1.82, 2.24) is 14.8 Å². The summed E-state index contributed by atoms with van der Waals surface area (Å²) in [4.78, 5) is 6.79. The maximum atomic E-state index is 4.41. The van der Waals surface area contributed by atoms with Gasteiger partial charge >= 0.3 is 0 Å². The van der Waals surface area contributed by atoms with Gasteiger partial charge in [-0.15, -0.1) is 0 Å². The molecule has 4 nitrogen and oxygen atoms in total. The van der Waals surface area contributed by atoms with Gasteiger partial charge in [0.05, 0.1) is 22.2 Å². The molecule has 5 heteroatoms. The average molecular weight is 329 g/mol. The maximum Gasteiger partial charge on any atom is 0.0868 e. The Morgan fingerprint density at radius 2 is 2.00 bits per heavy atom. The average Bonchev–Trinajstić information content (AvgIpc) is 2.84. The van der Waals surface area contributed by atoms with Gasteiger partial charge in [0, 0.05) is 36.6 Å². The lowest BCUT2D eigenvalue weighted by Gasteiger charge is -2.41. The third-order valence-electron chi connectivity index (χ3n) is 3.77. The number of aromatic nitrogens is 3. The van der Waals surface area contributed by atoms with Crippen molar-refractivity contribution in [2.24, 2.45) is 0 Å². The van der Waals surface area contributed by atoms with Gasteiger partial charge in [-0.3, -0.25) is 9.67 Å². The molecular weight excluding hydrogens is 316 g/mol. The second-order valence-corrected chi connectivity index (χ2v) is 5.96. The van der Waals surface area contributed by atoms with Crippen LogP contribution in [-0.2, 0) is 0 Å². The number of benzene rings is 1. The number of para-hydroxylation sites is 1. The summed E-state index contributed by atoms with van der Waals surface area (Å²) in [7, 11) is 0. The summed E-state index contributed by atoms with van der Waals surface area (Å²) >= 11 is 3.44. The van der Waals surface area contributed by atoms with Crippen molar-refractivity contribution in [3.05, 3.63) is 53.4 Å². The fourth-order valence-corrected chi connectivity index (χ4v) is 2.99. The molecule has 1 aliphatic heterocycles. The molecule has 20 heavy (non-hydrogen) atoms. The smallest absolute Gasteiger partial charge is 0.0868 e. The number of anilines is 1. The Kier molecular flexibility index (Phi) is 2.73. The fourth-order valence-electron chi connectivity index (χ4n) is 2.69. The molecule has 0 spiro atoms. The van der Waals surface area contributed by atoms with Gasteiger partial charge in [0.15, 0.2) is 0 Å². The van der Waals surface area contributed by atoms with Crippen LogP contribution in [0.25, 0.3) is 10.9 Å². The maximum absolute atomic E-state index is 4.41. The summed E-state index contributed by atoms with van der Waals surface area (Å²) in [6.45, 7) is 1.98. The first-order valence-electron chi connectivity index (χ1n) is 6.59. The first kappa shape index (κ1) is 11.9. The predicted octanol–water partition coefficient (Wildman–Crippen LogP) is 3.26. The Morgan fingerprint density at radius 3 is 2.80 bits per heavy atom. The molecule has 1 saturated heterocycles. The van der Waals surface area contributed by atoms with Crippen LogP contribution in [-0.4, -0.2) is 27.9 Å². The number of fused-ring (bicyclic) bond motifs is 1. The van der Waals surface area contributed by atoms with Gasteiger partial charge < -0.3 is 4.90 Å². The van der Waals surface area contributed by atoms with Crippen molar-refractivity contribution < 1.29 is 0 Å². The Bertz CT molecular complexity index is 756. The van der Waals surface area contributed by atoms with E-state index in [2.05, 4.69) is 55.2 Å². The van der Waals surface area contributed by atoms with Gasteiger partial charge in [-0.05, 0) is 28.1 Å². The quantitative estimate of drug-likeness (QED) is 0.724. The van der Waals surface area contributed by atoms with E-state index in [1.54, 1.807) is 0 Å². The largest absolute Gasteiger partial charge is 0.367 e. The third kappa shape index (κ3) is 1.89. The van der Waals surface area contributed by atoms with Crippen LogP contribution < -0.4 is 4.90 Å². The molecule has 0 N–H and O–H groups in total. The van der Waals surface area contributed by atoms with E-state index in [4.69, 9.17) is 0 Å². The van der Waals surface area contributed by atoms with E-state index in [-0.39, 0.29) is 0 Å². The molecule has 0 amide bonds. The SMILES string of the molecule is Brc1cnn(C2CN(c3ccnc4ccccc34)C2)c1. The zero-order valence-corrected chi connectivity index (χ0v) is 12.4. The van der Waals surface area contributed by atoms with Crippen LogP contribution in [0.2, 0.25) is 0 Å². The van der Waals surface area contributed by atoms with Gasteiger partial charge in [-0.1, -0.05) is 18.2 Å². The van der Waals surface area contributed by atoms with E-state index in [9.17, 15) is 0 Å². The summed E-state index contributed by atoms with van der Waals surface area (Å²) in [6, 6.07) is 10.8. The minimum absolute atomic E-state index is 0.452. The molecule has 4 rings (SSSR count). The molecule has 1 aromatic carbocycles. The molecule has 0 radical (unpaired) electrons. The van der Waals surface area contributed by atoms with Crippen LogP contribution in [0.3, 0.4) is 0 Å². The standard InChI is InChI=1S/C15H13BrN4/c16-11-7-18-20(8-11)12-9-19(10-12)15-5-6-17-14-4-2-1-3-13(14)15/h1-8,12H,9-10H2. The normalized spacial score (nSPS) is 15.6. The van der Waals surface area contributed by atoms with Crippen LogP contribution in [0, 0.1) is 0 Å². The molecule has 0 saturated carbocycles. The van der Waals surface area contributed by atoms with Crippen molar-refractivity contribution in [3.63, 3.8) is 0 Å². The first-order valence-corrected chi connectivity index (χ1v) is 7.39. The first-order chi connectivity index (χ1) is 9.81. The number of hydrogen-bond donors (Lipinski definition) is 0. The monoisotopic (exact) mass is 328 g/mol. The number of nitrogens with zero attached hydrogens (tertiary/aromatic N) is 4. The van der Waals surface area contributed by atoms with Crippen molar-refractivity contribution in [2.75, 3.05) is 18.0 Å². The molecule has 0 unspecified atom stereocenters. The van der Waals surface area contributed by atoms with E-state index < -0.39 is 0 Å². The van der Waals surface area contributed by atoms with E-state index in [0.29, 0.717) is 6.04 Å². The topological polar surface area (TPSA) is 34.0 Å². The van der Waals surface area contributed by atoms with E-state index in [0.717, 1.165) is 23.1 Å². The van der Waals surface area contributed by atoms with Crippen molar-refractivity contribution in [2.45, 2.75) is 6.04 Å². The molecule has 2 aromatic heterocycles. The number of halogens is 1. The minimum atomic E-state index is 0.452. The summed E-state index contributed by atoms with van der Waals surface area (Å²) in [5.74, 6) is 0. The van der Waals surface area contributed by atoms with Crippen LogP contribution in [0.1, 0.15) is 6.04 Å². The summed E-state index contributed by atoms with van der Waals surface area (Å²) < 4.78 is 3.06. The Hall–Kier alpha value is -1.88. The molecule has 1 fully saturated rings. The summed E-state index contributed by atoms with van der Waals surface area (Å²) in [5.41, 5.74) is 2.31. The molecule has 0 aliphatic carbocycles. The van der Waals surface area contributed by atoms with E-state index >= 15 is 0 Å². The highest BCUT2D eigenvalue weighted by molar-refractivity contribution is 9.10. The zero-order valence-electron chi connectivity index (χ0n) is 10.8. The van der Waals surface area contributed by atoms with Crippen molar-refractivity contribution >= 4 is 32.5 Å². The van der Waals surface area contributed by atoms with E-state index in [1.165, 1.54) is 11.1 Å². The van der Waals surface area contributed by atoms with Gasteiger partial charge in [0.2, 0.25) is 0 Å². The second-order valence-electron chi connectivity index (χ2n) is 5.04. The number of pyridine rings is 1. The molecule has 3 aromatic rings. The zero-order chi connectivity index (χ0) is 13.5. The predicted molar refractivity (Wildman–Crippen MR) is 82.9 cm³/mol. The molecule has 100 valence electrons. The lowest BCUT2D eigenvalue weighted by Crippen LogP contribution is -2.48. The van der Waals surface area contributed by atoms with Crippen LogP contribution in [0.4, 0.5) is 5.69 Å². The Labute approximate surface area is 125 Å². The lowest BCUT2D eigenvalue weighted by atomic mass is 10.1. The van der Waals surface area contributed by atoms with Gasteiger partial charge in [0.25, 0.3) is 0 Å². The van der Waals surface area contributed by atoms with Gasteiger partial charge in [-0.2, -0.15) is 5.10 Å². The lowest BCUT2D eigenvalue weighted by molar-refractivity contribution is 0.368. The van der Waals surface area contributed by atoms with Crippen molar-refractivity contribution in [3.8, 4) is 0 Å². The molecule has 1 aliphatic rings. The van der Waals surface area contributed by atoms with Crippen LogP contribution >= 0.6 is 15.9 Å². The highest BCUT2D eigenvalue weighted by atomic mass is 79.9. The molecule has 0 bridgehead atoms. The number of rotatable bonds is 2. The van der Waals surface area contributed by atoms with E-state index in [1.807, 2.05) is 29.3 Å². The summed E-state index contributed by atoms with van der Waals surface area (Å²) in [6.07, 6.45) is 5.76. The highest BCUT2D eigenvalue weighted by Gasteiger charge is 2.29. The van der Waals surface area contributed by atoms with Gasteiger partial charge in [-0.25, -0.2) is 0 Å². The second kappa shape index (κ2) is 4.59. The fraction of sp³-hybridized carbons (Fsp3) is 0.200. The Balaban J connectivity index is 1.60. The van der Waals surface area contributed by atoms with Crippen LogP contribution in [0.5, 0.6) is 0 Å². The Morgan fingerprint density at radius 1 is 1.15 bits per heavy atom. The third-order valence-corrected chi connectivity index (χ3v) is 4.18. The molecular formula is C15H13BrN4. The van der Waals surface area contributed by atoms with Crippen LogP contribution in [0.15, 0.2) is 53.4 Å². The highest BCUT2D eigenvalue weighted by Crippen LogP contribution is 2.32.